The lowest BCUT2D eigenvalue weighted by Gasteiger charge is -2.19. The van der Waals surface area contributed by atoms with E-state index >= 15 is 0 Å². The molecule has 25 heavy (non-hydrogen) atoms. The number of benzene rings is 1. The Morgan fingerprint density at radius 1 is 1.24 bits per heavy atom. The van der Waals surface area contributed by atoms with Crippen molar-refractivity contribution >= 4 is 57.5 Å². The van der Waals surface area contributed by atoms with Gasteiger partial charge in [-0.1, -0.05) is 40.8 Å². The molecule has 2 aromatic rings. The van der Waals surface area contributed by atoms with E-state index in [4.69, 9.17) is 11.6 Å². The summed E-state index contributed by atoms with van der Waals surface area (Å²) in [5, 5.41) is 16.9. The maximum atomic E-state index is 11.9. The quantitative estimate of drug-likeness (QED) is 0.524. The molecule has 10 heteroatoms. The lowest BCUT2D eigenvalue weighted by Crippen LogP contribution is -2.43. The van der Waals surface area contributed by atoms with Crippen molar-refractivity contribution in [1.82, 2.24) is 15.5 Å². The Kier molecular flexibility index (Phi) is 6.63. The Bertz CT molecular complexity index is 760. The molecule has 0 spiro atoms. The van der Waals surface area contributed by atoms with Crippen LogP contribution in [0.25, 0.3) is 0 Å². The van der Waals surface area contributed by atoms with E-state index in [1.54, 1.807) is 24.3 Å². The lowest BCUT2D eigenvalue weighted by atomic mass is 10.1. The third-order valence-electron chi connectivity index (χ3n) is 2.55. The highest BCUT2D eigenvalue weighted by Crippen LogP contribution is 2.25. The first-order valence-corrected chi connectivity index (χ1v) is 9.50. The van der Waals surface area contributed by atoms with Crippen molar-refractivity contribution in [2.75, 3.05) is 16.4 Å². The zero-order valence-corrected chi connectivity index (χ0v) is 16.3. The van der Waals surface area contributed by atoms with Crippen molar-refractivity contribution in [2.24, 2.45) is 0 Å². The van der Waals surface area contributed by atoms with Gasteiger partial charge >= 0.3 is 6.03 Å². The first-order valence-electron chi connectivity index (χ1n) is 7.32. The van der Waals surface area contributed by atoms with E-state index < -0.39 is 0 Å². The number of aromatic nitrogens is 2. The van der Waals surface area contributed by atoms with E-state index in [2.05, 4.69) is 26.1 Å². The maximum Gasteiger partial charge on any atom is 0.321 e. The highest BCUT2D eigenvalue weighted by atomic mass is 35.5. The summed E-state index contributed by atoms with van der Waals surface area (Å²) in [5.74, 6) is -0.00236. The number of carbonyl (C=O) groups is 2. The number of halogens is 1. The smallest absolute Gasteiger partial charge is 0.321 e. The van der Waals surface area contributed by atoms with Crippen LogP contribution in [0.1, 0.15) is 20.8 Å². The first kappa shape index (κ1) is 19.5. The minimum atomic E-state index is -0.348. The molecule has 0 aliphatic heterocycles. The summed E-state index contributed by atoms with van der Waals surface area (Å²) in [6.07, 6.45) is 0. The Balaban J connectivity index is 1.81. The van der Waals surface area contributed by atoms with Gasteiger partial charge in [0, 0.05) is 16.2 Å². The van der Waals surface area contributed by atoms with Gasteiger partial charge < -0.3 is 10.6 Å². The van der Waals surface area contributed by atoms with Gasteiger partial charge in [0.15, 0.2) is 4.34 Å². The monoisotopic (exact) mass is 399 g/mol. The summed E-state index contributed by atoms with van der Waals surface area (Å²) in [7, 11) is 0. The second kappa shape index (κ2) is 8.50. The summed E-state index contributed by atoms with van der Waals surface area (Å²) in [6, 6.07) is 6.58. The van der Waals surface area contributed by atoms with Gasteiger partial charge in [-0.3, -0.25) is 10.1 Å². The van der Waals surface area contributed by atoms with Gasteiger partial charge in [-0.2, -0.15) is 0 Å². The summed E-state index contributed by atoms with van der Waals surface area (Å²) in [6.45, 7) is 5.64. The predicted molar refractivity (Wildman–Crippen MR) is 103 cm³/mol. The first-order chi connectivity index (χ1) is 11.7. The molecule has 1 aromatic carbocycles. The molecule has 0 radical (unpaired) electrons. The molecule has 0 fully saturated rings. The number of carbonyl (C=O) groups excluding carboxylic acids is 2. The normalized spacial score (nSPS) is 11.0. The van der Waals surface area contributed by atoms with E-state index in [0.717, 1.165) is 0 Å². The van der Waals surface area contributed by atoms with Crippen molar-refractivity contribution in [2.45, 2.75) is 30.6 Å². The zero-order chi connectivity index (χ0) is 18.4. The molecule has 3 amide bonds. The Labute approximate surface area is 158 Å². The summed E-state index contributed by atoms with van der Waals surface area (Å²) >= 11 is 8.32. The molecule has 0 aliphatic rings. The van der Waals surface area contributed by atoms with Gasteiger partial charge in [0.2, 0.25) is 11.0 Å². The van der Waals surface area contributed by atoms with Gasteiger partial charge in [0.1, 0.15) is 0 Å². The largest absolute Gasteiger partial charge is 0.333 e. The summed E-state index contributed by atoms with van der Waals surface area (Å²) < 4.78 is 0.590. The van der Waals surface area contributed by atoms with Crippen LogP contribution in [0.15, 0.2) is 28.6 Å². The molecular weight excluding hydrogens is 382 g/mol. The number of nitrogens with zero attached hydrogens (tertiary/aromatic N) is 2. The van der Waals surface area contributed by atoms with E-state index in [0.29, 0.717) is 20.2 Å². The molecule has 0 bridgehead atoms. The summed E-state index contributed by atoms with van der Waals surface area (Å²) in [4.78, 5) is 23.7. The Hall–Kier alpha value is -1.84. The van der Waals surface area contributed by atoms with Crippen molar-refractivity contribution in [1.29, 1.82) is 0 Å². The second-order valence-electron chi connectivity index (χ2n) is 6.05. The number of amides is 3. The molecule has 0 saturated heterocycles. The highest BCUT2D eigenvalue weighted by molar-refractivity contribution is 8.01. The van der Waals surface area contributed by atoms with E-state index in [-0.39, 0.29) is 23.2 Å². The van der Waals surface area contributed by atoms with E-state index in [1.165, 1.54) is 23.1 Å². The van der Waals surface area contributed by atoms with Crippen LogP contribution in [-0.4, -0.2) is 33.4 Å². The lowest BCUT2D eigenvalue weighted by molar-refractivity contribution is -0.113. The van der Waals surface area contributed by atoms with Crippen LogP contribution in [0.2, 0.25) is 5.02 Å². The second-order valence-corrected chi connectivity index (χ2v) is 8.69. The van der Waals surface area contributed by atoms with Crippen LogP contribution in [-0.2, 0) is 4.79 Å². The number of urea groups is 1. The fourth-order valence-electron chi connectivity index (χ4n) is 1.68. The average Bonchev–Trinajstić information content (AvgIpc) is 2.90. The van der Waals surface area contributed by atoms with Crippen LogP contribution in [0, 0.1) is 0 Å². The van der Waals surface area contributed by atoms with Gasteiger partial charge in [-0.15, -0.1) is 10.2 Å². The molecule has 134 valence electrons. The fourth-order valence-corrected chi connectivity index (χ4v) is 3.42. The van der Waals surface area contributed by atoms with Gasteiger partial charge in [0.25, 0.3) is 0 Å². The van der Waals surface area contributed by atoms with Crippen molar-refractivity contribution in [3.63, 3.8) is 0 Å². The van der Waals surface area contributed by atoms with Gasteiger partial charge in [0.05, 0.1) is 5.75 Å². The van der Waals surface area contributed by atoms with Crippen LogP contribution >= 0.6 is 34.7 Å². The number of thioether (sulfide) groups is 1. The number of hydrogen-bond donors (Lipinski definition) is 3. The number of rotatable bonds is 5. The van der Waals surface area contributed by atoms with Crippen LogP contribution in [0.3, 0.4) is 0 Å². The van der Waals surface area contributed by atoms with Crippen molar-refractivity contribution in [3.8, 4) is 0 Å². The molecule has 0 saturated carbocycles. The molecule has 2 rings (SSSR count). The van der Waals surface area contributed by atoms with Gasteiger partial charge in [-0.25, -0.2) is 4.79 Å². The maximum absolute atomic E-state index is 11.9. The van der Waals surface area contributed by atoms with E-state index in [9.17, 15) is 9.59 Å². The highest BCUT2D eigenvalue weighted by Gasteiger charge is 2.15. The van der Waals surface area contributed by atoms with Crippen LogP contribution in [0.4, 0.5) is 15.6 Å². The zero-order valence-electron chi connectivity index (χ0n) is 13.9. The molecule has 3 N–H and O–H groups in total. The van der Waals surface area contributed by atoms with Crippen molar-refractivity contribution < 1.29 is 9.59 Å². The van der Waals surface area contributed by atoms with Crippen LogP contribution in [0.5, 0.6) is 0 Å². The predicted octanol–water partition coefficient (Wildman–Crippen LogP) is 3.84. The molecule has 7 nitrogen and oxygen atoms in total. The minimum absolute atomic E-state index is 0.176. The number of nitrogens with one attached hydrogen (secondary N) is 3. The Morgan fingerprint density at radius 2 is 2.00 bits per heavy atom. The Morgan fingerprint density at radius 3 is 2.68 bits per heavy atom. The SMILES string of the molecule is CC(C)(C)NC(=O)Nc1nnc(SCC(=O)Nc2cccc(Cl)c2)s1. The number of hydrogen-bond acceptors (Lipinski definition) is 6. The standard InChI is InChI=1S/C15H18ClN5O2S2/c1-15(2,3)19-12(23)18-13-20-21-14(25-13)24-8-11(22)17-10-6-4-5-9(16)7-10/h4-7H,8H2,1-3H3,(H,17,22)(H2,18,19,20,23). The molecular formula is C15H18ClN5O2S2. The molecule has 0 unspecified atom stereocenters. The molecule has 0 atom stereocenters. The topological polar surface area (TPSA) is 96.0 Å². The minimum Gasteiger partial charge on any atom is -0.333 e. The average molecular weight is 400 g/mol. The fraction of sp³-hybridized carbons (Fsp3) is 0.333. The summed E-state index contributed by atoms with van der Waals surface area (Å²) in [5.41, 5.74) is 0.293. The third-order valence-corrected chi connectivity index (χ3v) is 4.76. The van der Waals surface area contributed by atoms with E-state index in [1.807, 2.05) is 20.8 Å². The molecule has 0 aliphatic carbocycles. The molecule has 1 heterocycles. The van der Waals surface area contributed by atoms with Gasteiger partial charge in [-0.05, 0) is 39.0 Å². The number of anilines is 2. The van der Waals surface area contributed by atoms with Crippen LogP contribution < -0.4 is 16.0 Å². The third kappa shape index (κ3) is 7.29. The van der Waals surface area contributed by atoms with Crippen molar-refractivity contribution in [3.05, 3.63) is 29.3 Å². The molecule has 1 aromatic heterocycles.